The van der Waals surface area contributed by atoms with Crippen LogP contribution in [0.1, 0.15) is 5.69 Å². The van der Waals surface area contributed by atoms with Gasteiger partial charge in [0, 0.05) is 24.9 Å². The van der Waals surface area contributed by atoms with E-state index < -0.39 is 0 Å². The van der Waals surface area contributed by atoms with Gasteiger partial charge < -0.3 is 5.32 Å². The third-order valence-corrected chi connectivity index (χ3v) is 4.44. The molecule has 4 heterocycles. The van der Waals surface area contributed by atoms with Gasteiger partial charge in [-0.2, -0.15) is 0 Å². The third kappa shape index (κ3) is 2.93. The summed E-state index contributed by atoms with van der Waals surface area (Å²) in [4.78, 5) is 9.90. The average molecular weight is 321 g/mol. The van der Waals surface area contributed by atoms with Crippen molar-refractivity contribution in [3.8, 4) is 10.6 Å². The van der Waals surface area contributed by atoms with E-state index in [1.807, 2.05) is 53.3 Å². The molecule has 4 aromatic heterocycles. The summed E-state index contributed by atoms with van der Waals surface area (Å²) in [6, 6.07) is 14.0. The standard InChI is InChI=1S/C17H15N5S/c1-2-9-18-13(4-1)8-10-19-16-6-7-17-20-12-14(22(17)21-16)15-5-3-11-23-15/h1-7,9,11-12H,8,10H2,(H,19,21). The van der Waals surface area contributed by atoms with Crippen LogP contribution in [0, 0.1) is 0 Å². The summed E-state index contributed by atoms with van der Waals surface area (Å²) in [7, 11) is 0. The maximum atomic E-state index is 4.65. The molecule has 5 nitrogen and oxygen atoms in total. The minimum absolute atomic E-state index is 0.790. The summed E-state index contributed by atoms with van der Waals surface area (Å²) in [6.07, 6.45) is 4.55. The Kier molecular flexibility index (Phi) is 3.73. The summed E-state index contributed by atoms with van der Waals surface area (Å²) in [6.45, 7) is 0.790. The molecule has 0 aliphatic heterocycles. The number of fused-ring (bicyclic) bond motifs is 1. The number of pyridine rings is 1. The van der Waals surface area contributed by atoms with Crippen LogP contribution >= 0.6 is 11.3 Å². The highest BCUT2D eigenvalue weighted by atomic mass is 32.1. The van der Waals surface area contributed by atoms with Crippen molar-refractivity contribution in [2.75, 3.05) is 11.9 Å². The number of nitrogens with zero attached hydrogens (tertiary/aromatic N) is 4. The van der Waals surface area contributed by atoms with Crippen LogP contribution < -0.4 is 5.32 Å². The minimum atomic E-state index is 0.790. The van der Waals surface area contributed by atoms with E-state index in [4.69, 9.17) is 0 Å². The Labute approximate surface area is 137 Å². The van der Waals surface area contributed by atoms with Gasteiger partial charge in [-0.25, -0.2) is 9.50 Å². The topological polar surface area (TPSA) is 55.1 Å². The van der Waals surface area contributed by atoms with Crippen LogP contribution in [0.5, 0.6) is 0 Å². The molecule has 0 amide bonds. The van der Waals surface area contributed by atoms with Gasteiger partial charge in [0.25, 0.3) is 0 Å². The Morgan fingerprint density at radius 2 is 2.04 bits per heavy atom. The van der Waals surface area contributed by atoms with Crippen molar-refractivity contribution in [3.63, 3.8) is 0 Å². The van der Waals surface area contributed by atoms with Crippen molar-refractivity contribution in [1.82, 2.24) is 19.6 Å². The lowest BCUT2D eigenvalue weighted by atomic mass is 10.3. The van der Waals surface area contributed by atoms with Gasteiger partial charge in [-0.3, -0.25) is 4.98 Å². The smallest absolute Gasteiger partial charge is 0.154 e. The predicted octanol–water partition coefficient (Wildman–Crippen LogP) is 3.51. The zero-order valence-corrected chi connectivity index (χ0v) is 13.2. The maximum Gasteiger partial charge on any atom is 0.154 e. The van der Waals surface area contributed by atoms with Crippen molar-refractivity contribution in [2.24, 2.45) is 0 Å². The molecular weight excluding hydrogens is 306 g/mol. The van der Waals surface area contributed by atoms with E-state index in [9.17, 15) is 0 Å². The Bertz CT molecular complexity index is 899. The molecule has 0 aliphatic rings. The summed E-state index contributed by atoms with van der Waals surface area (Å²) in [5.74, 6) is 0.837. The molecule has 6 heteroatoms. The van der Waals surface area contributed by atoms with Gasteiger partial charge in [-0.1, -0.05) is 12.1 Å². The molecule has 4 aromatic rings. The number of hydrogen-bond donors (Lipinski definition) is 1. The molecule has 0 unspecified atom stereocenters. The number of aromatic nitrogens is 4. The molecule has 0 bridgehead atoms. The first-order valence-electron chi connectivity index (χ1n) is 7.42. The van der Waals surface area contributed by atoms with Gasteiger partial charge in [0.15, 0.2) is 5.65 Å². The first-order chi connectivity index (χ1) is 11.4. The fourth-order valence-corrected chi connectivity index (χ4v) is 3.15. The fourth-order valence-electron chi connectivity index (χ4n) is 2.42. The number of rotatable bonds is 5. The summed E-state index contributed by atoms with van der Waals surface area (Å²) in [5, 5.41) is 10.1. The van der Waals surface area contributed by atoms with Crippen molar-refractivity contribution in [3.05, 3.63) is 65.9 Å². The van der Waals surface area contributed by atoms with Gasteiger partial charge in [0.1, 0.15) is 11.5 Å². The largest absolute Gasteiger partial charge is 0.368 e. The van der Waals surface area contributed by atoms with E-state index in [-0.39, 0.29) is 0 Å². The van der Waals surface area contributed by atoms with Gasteiger partial charge in [-0.05, 0) is 35.7 Å². The minimum Gasteiger partial charge on any atom is -0.368 e. The fraction of sp³-hybridized carbons (Fsp3) is 0.118. The highest BCUT2D eigenvalue weighted by Crippen LogP contribution is 2.25. The van der Waals surface area contributed by atoms with Gasteiger partial charge in [0.05, 0.1) is 11.1 Å². The summed E-state index contributed by atoms with van der Waals surface area (Å²) in [5.41, 5.74) is 2.94. The second-order valence-corrected chi connectivity index (χ2v) is 6.05. The Morgan fingerprint density at radius 3 is 2.87 bits per heavy atom. The number of hydrogen-bond acceptors (Lipinski definition) is 5. The van der Waals surface area contributed by atoms with E-state index in [1.165, 1.54) is 0 Å². The van der Waals surface area contributed by atoms with E-state index in [2.05, 4.69) is 31.8 Å². The average Bonchev–Trinajstić information content (AvgIpc) is 3.24. The molecule has 0 spiro atoms. The van der Waals surface area contributed by atoms with Gasteiger partial charge in [-0.15, -0.1) is 16.4 Å². The van der Waals surface area contributed by atoms with Crippen molar-refractivity contribution in [2.45, 2.75) is 6.42 Å². The lowest BCUT2D eigenvalue weighted by Gasteiger charge is -2.06. The molecule has 0 atom stereocenters. The monoisotopic (exact) mass is 321 g/mol. The normalized spacial score (nSPS) is 11.0. The second-order valence-electron chi connectivity index (χ2n) is 5.11. The Hall–Kier alpha value is -2.73. The van der Waals surface area contributed by atoms with Crippen LogP contribution in [-0.2, 0) is 6.42 Å². The molecule has 0 fully saturated rings. The quantitative estimate of drug-likeness (QED) is 0.611. The third-order valence-electron chi connectivity index (χ3n) is 3.55. The van der Waals surface area contributed by atoms with Crippen molar-refractivity contribution < 1.29 is 0 Å². The van der Waals surface area contributed by atoms with Crippen molar-refractivity contribution >= 4 is 22.8 Å². The molecule has 114 valence electrons. The molecular formula is C17H15N5S. The number of thiophene rings is 1. The summed E-state index contributed by atoms with van der Waals surface area (Å²) >= 11 is 1.69. The Balaban J connectivity index is 1.53. The molecule has 1 N–H and O–H groups in total. The predicted molar refractivity (Wildman–Crippen MR) is 92.7 cm³/mol. The molecule has 23 heavy (non-hydrogen) atoms. The van der Waals surface area contributed by atoms with Crippen LogP contribution in [0.2, 0.25) is 0 Å². The molecule has 0 saturated heterocycles. The Morgan fingerprint density at radius 1 is 1.04 bits per heavy atom. The number of nitrogens with one attached hydrogen (secondary N) is 1. The molecule has 0 saturated carbocycles. The maximum absolute atomic E-state index is 4.65. The molecule has 4 rings (SSSR count). The van der Waals surface area contributed by atoms with E-state index in [1.54, 1.807) is 11.3 Å². The lowest BCUT2D eigenvalue weighted by Crippen LogP contribution is -2.08. The molecule has 0 aliphatic carbocycles. The zero-order valence-electron chi connectivity index (χ0n) is 12.4. The van der Waals surface area contributed by atoms with Crippen LogP contribution in [0.3, 0.4) is 0 Å². The molecule has 0 radical (unpaired) electrons. The van der Waals surface area contributed by atoms with Gasteiger partial charge in [0.2, 0.25) is 0 Å². The zero-order chi connectivity index (χ0) is 15.5. The van der Waals surface area contributed by atoms with Crippen LogP contribution in [-0.4, -0.2) is 26.1 Å². The SMILES string of the molecule is c1ccc(CCNc2ccc3ncc(-c4cccs4)n3n2)nc1. The van der Waals surface area contributed by atoms with Crippen LogP contribution in [0.4, 0.5) is 5.82 Å². The first-order valence-corrected chi connectivity index (χ1v) is 8.30. The van der Waals surface area contributed by atoms with Crippen LogP contribution in [0.15, 0.2) is 60.2 Å². The highest BCUT2D eigenvalue weighted by Gasteiger charge is 2.08. The number of imidazole rings is 1. The van der Waals surface area contributed by atoms with Gasteiger partial charge >= 0.3 is 0 Å². The highest BCUT2D eigenvalue weighted by molar-refractivity contribution is 7.13. The van der Waals surface area contributed by atoms with E-state index in [0.717, 1.165) is 40.7 Å². The lowest BCUT2D eigenvalue weighted by molar-refractivity contribution is 0.908. The number of anilines is 1. The van der Waals surface area contributed by atoms with E-state index in [0.29, 0.717) is 0 Å². The van der Waals surface area contributed by atoms with E-state index >= 15 is 0 Å². The first kappa shape index (κ1) is 13.9. The van der Waals surface area contributed by atoms with Crippen molar-refractivity contribution in [1.29, 1.82) is 0 Å². The van der Waals surface area contributed by atoms with Crippen LogP contribution in [0.25, 0.3) is 16.2 Å². The summed E-state index contributed by atoms with van der Waals surface area (Å²) < 4.78 is 1.88. The second kappa shape index (κ2) is 6.18. The molecule has 0 aromatic carbocycles.